The third-order valence-corrected chi connectivity index (χ3v) is 3.02. The number of hydrogen-bond acceptors (Lipinski definition) is 2. The molecule has 118 valence electrons. The van der Waals surface area contributed by atoms with E-state index in [1.165, 1.54) is 0 Å². The molecule has 0 saturated carbocycles. The Labute approximate surface area is 128 Å². The minimum Gasteiger partial charge on any atom is -0.481 e. The van der Waals surface area contributed by atoms with Crippen LogP contribution < -0.4 is 0 Å². The molecule has 0 saturated heterocycles. The standard InChI is InChI=1S/C18H28O3/c1-2-3-4-5-6-8-11-14-17(19)15-12-9-7-10-13-16-18(20)21/h3-4,6,8,11,14H,2,5,7,9-10,12-13,15-16H2,1H3,(H,20,21). The summed E-state index contributed by atoms with van der Waals surface area (Å²) < 4.78 is 0. The summed E-state index contributed by atoms with van der Waals surface area (Å²) in [6.07, 6.45) is 18.9. The fraction of sp³-hybridized carbons (Fsp3) is 0.556. The number of hydrogen-bond donors (Lipinski definition) is 1. The molecule has 0 aliphatic rings. The summed E-state index contributed by atoms with van der Waals surface area (Å²) in [5.41, 5.74) is 0. The van der Waals surface area contributed by atoms with Crippen molar-refractivity contribution in [2.45, 2.75) is 64.7 Å². The first-order valence-electron chi connectivity index (χ1n) is 7.89. The number of allylic oxidation sites excluding steroid dienone is 6. The molecule has 3 nitrogen and oxygen atoms in total. The van der Waals surface area contributed by atoms with E-state index in [1.54, 1.807) is 12.2 Å². The Bertz CT molecular complexity index is 365. The lowest BCUT2D eigenvalue weighted by Gasteiger charge is -1.98. The second-order valence-electron chi connectivity index (χ2n) is 5.03. The van der Waals surface area contributed by atoms with Gasteiger partial charge in [0.1, 0.15) is 0 Å². The van der Waals surface area contributed by atoms with Crippen molar-refractivity contribution in [3.05, 3.63) is 36.5 Å². The highest BCUT2D eigenvalue weighted by molar-refractivity contribution is 5.89. The van der Waals surface area contributed by atoms with E-state index in [0.717, 1.165) is 44.9 Å². The summed E-state index contributed by atoms with van der Waals surface area (Å²) in [4.78, 5) is 21.9. The summed E-state index contributed by atoms with van der Waals surface area (Å²) in [6, 6.07) is 0. The zero-order valence-electron chi connectivity index (χ0n) is 13.1. The number of rotatable bonds is 13. The predicted octanol–water partition coefficient (Wildman–Crippen LogP) is 4.84. The molecule has 0 fully saturated rings. The minimum atomic E-state index is -0.728. The highest BCUT2D eigenvalue weighted by Gasteiger charge is 1.98. The number of carbonyl (C=O) groups excluding carboxylic acids is 1. The lowest BCUT2D eigenvalue weighted by molar-refractivity contribution is -0.137. The van der Waals surface area contributed by atoms with Crippen molar-refractivity contribution < 1.29 is 14.7 Å². The Hall–Kier alpha value is -1.64. The van der Waals surface area contributed by atoms with E-state index in [-0.39, 0.29) is 12.2 Å². The van der Waals surface area contributed by atoms with Gasteiger partial charge < -0.3 is 5.11 Å². The molecule has 0 radical (unpaired) electrons. The molecular formula is C18H28O3. The van der Waals surface area contributed by atoms with Crippen molar-refractivity contribution in [1.29, 1.82) is 0 Å². The fourth-order valence-electron chi connectivity index (χ4n) is 1.85. The van der Waals surface area contributed by atoms with Gasteiger partial charge >= 0.3 is 5.97 Å². The Balaban J connectivity index is 3.49. The largest absolute Gasteiger partial charge is 0.481 e. The summed E-state index contributed by atoms with van der Waals surface area (Å²) in [5, 5.41) is 8.49. The van der Waals surface area contributed by atoms with Crippen LogP contribution in [-0.4, -0.2) is 16.9 Å². The average molecular weight is 292 g/mol. The zero-order valence-corrected chi connectivity index (χ0v) is 13.1. The number of aliphatic carboxylic acids is 1. The molecule has 0 spiro atoms. The lowest BCUT2D eigenvalue weighted by Crippen LogP contribution is -1.94. The van der Waals surface area contributed by atoms with Gasteiger partial charge in [-0.2, -0.15) is 0 Å². The topological polar surface area (TPSA) is 54.4 Å². The van der Waals surface area contributed by atoms with Crippen LogP contribution in [0.25, 0.3) is 0 Å². The van der Waals surface area contributed by atoms with Gasteiger partial charge in [-0.25, -0.2) is 0 Å². The Kier molecular flexibility index (Phi) is 13.6. The first-order chi connectivity index (χ1) is 10.2. The quantitative estimate of drug-likeness (QED) is 0.229. The third-order valence-electron chi connectivity index (χ3n) is 3.02. The van der Waals surface area contributed by atoms with Gasteiger partial charge in [-0.3, -0.25) is 9.59 Å². The molecule has 0 rings (SSSR count). The van der Waals surface area contributed by atoms with Crippen LogP contribution in [0.3, 0.4) is 0 Å². The summed E-state index contributed by atoms with van der Waals surface area (Å²) >= 11 is 0. The first-order valence-corrected chi connectivity index (χ1v) is 7.89. The first kappa shape index (κ1) is 19.4. The van der Waals surface area contributed by atoms with Crippen molar-refractivity contribution in [3.8, 4) is 0 Å². The van der Waals surface area contributed by atoms with Gasteiger partial charge in [0, 0.05) is 12.8 Å². The van der Waals surface area contributed by atoms with Gasteiger partial charge in [-0.05, 0) is 31.8 Å². The van der Waals surface area contributed by atoms with Gasteiger partial charge in [0.25, 0.3) is 0 Å². The molecule has 0 atom stereocenters. The van der Waals surface area contributed by atoms with Crippen LogP contribution in [0.5, 0.6) is 0 Å². The second kappa shape index (κ2) is 14.8. The maximum Gasteiger partial charge on any atom is 0.303 e. The lowest BCUT2D eigenvalue weighted by atomic mass is 10.1. The second-order valence-corrected chi connectivity index (χ2v) is 5.03. The van der Waals surface area contributed by atoms with Crippen molar-refractivity contribution in [2.24, 2.45) is 0 Å². The van der Waals surface area contributed by atoms with E-state index in [0.29, 0.717) is 6.42 Å². The number of carboxylic acids is 1. The molecule has 0 aliphatic heterocycles. The Morgan fingerprint density at radius 3 is 2.19 bits per heavy atom. The third kappa shape index (κ3) is 16.3. The molecule has 0 aromatic rings. The maximum absolute atomic E-state index is 11.5. The number of unbranched alkanes of at least 4 members (excludes halogenated alkanes) is 4. The molecule has 0 unspecified atom stereocenters. The van der Waals surface area contributed by atoms with Crippen molar-refractivity contribution in [3.63, 3.8) is 0 Å². The van der Waals surface area contributed by atoms with E-state index >= 15 is 0 Å². The molecule has 0 aliphatic carbocycles. The van der Waals surface area contributed by atoms with Crippen molar-refractivity contribution in [2.75, 3.05) is 0 Å². The van der Waals surface area contributed by atoms with Crippen LogP contribution in [0.2, 0.25) is 0 Å². The van der Waals surface area contributed by atoms with E-state index in [1.807, 2.05) is 12.2 Å². The smallest absolute Gasteiger partial charge is 0.303 e. The van der Waals surface area contributed by atoms with E-state index in [4.69, 9.17) is 5.11 Å². The molecular weight excluding hydrogens is 264 g/mol. The van der Waals surface area contributed by atoms with Crippen molar-refractivity contribution in [1.82, 2.24) is 0 Å². The number of ketones is 1. The zero-order chi connectivity index (χ0) is 15.8. The van der Waals surface area contributed by atoms with E-state index < -0.39 is 5.97 Å². The minimum absolute atomic E-state index is 0.161. The molecule has 0 bridgehead atoms. The highest BCUT2D eigenvalue weighted by Crippen LogP contribution is 2.07. The van der Waals surface area contributed by atoms with Gasteiger partial charge in [0.15, 0.2) is 5.78 Å². The monoisotopic (exact) mass is 292 g/mol. The molecule has 0 aromatic heterocycles. The molecule has 21 heavy (non-hydrogen) atoms. The maximum atomic E-state index is 11.5. The van der Waals surface area contributed by atoms with Gasteiger partial charge in [0.05, 0.1) is 0 Å². The predicted molar refractivity (Wildman–Crippen MR) is 87.3 cm³/mol. The van der Waals surface area contributed by atoms with Crippen LogP contribution in [0.15, 0.2) is 36.5 Å². The van der Waals surface area contributed by atoms with Crippen LogP contribution in [0.1, 0.15) is 64.7 Å². The molecule has 0 amide bonds. The summed E-state index contributed by atoms with van der Waals surface area (Å²) in [5.74, 6) is -0.567. The summed E-state index contributed by atoms with van der Waals surface area (Å²) in [7, 11) is 0. The Morgan fingerprint density at radius 2 is 1.52 bits per heavy atom. The molecule has 1 N–H and O–H groups in total. The van der Waals surface area contributed by atoms with Crippen molar-refractivity contribution >= 4 is 11.8 Å². The average Bonchev–Trinajstić information content (AvgIpc) is 2.45. The SMILES string of the molecule is CCC=CCC=CC=CC(=O)CCCCCCCC(=O)O. The summed E-state index contributed by atoms with van der Waals surface area (Å²) in [6.45, 7) is 2.10. The molecule has 0 heterocycles. The van der Waals surface area contributed by atoms with Gasteiger partial charge in [-0.15, -0.1) is 0 Å². The van der Waals surface area contributed by atoms with Crippen LogP contribution in [0, 0.1) is 0 Å². The number of carboxylic acid groups (broad SMARTS) is 1. The van der Waals surface area contributed by atoms with E-state index in [2.05, 4.69) is 19.1 Å². The normalized spacial score (nSPS) is 11.9. The van der Waals surface area contributed by atoms with Gasteiger partial charge in [-0.1, -0.05) is 56.6 Å². The van der Waals surface area contributed by atoms with Crippen LogP contribution in [-0.2, 0) is 9.59 Å². The Morgan fingerprint density at radius 1 is 0.857 bits per heavy atom. The van der Waals surface area contributed by atoms with Crippen LogP contribution >= 0.6 is 0 Å². The highest BCUT2D eigenvalue weighted by atomic mass is 16.4. The molecule has 0 aromatic carbocycles. The van der Waals surface area contributed by atoms with Gasteiger partial charge in [0.2, 0.25) is 0 Å². The van der Waals surface area contributed by atoms with Crippen LogP contribution in [0.4, 0.5) is 0 Å². The molecule has 3 heteroatoms. The fourth-order valence-corrected chi connectivity index (χ4v) is 1.85. The number of carbonyl (C=O) groups is 2. The van der Waals surface area contributed by atoms with E-state index in [9.17, 15) is 9.59 Å².